The van der Waals surface area contributed by atoms with Crippen LogP contribution >= 0.6 is 0 Å². The van der Waals surface area contributed by atoms with Crippen LogP contribution in [0.4, 0.5) is 0 Å². The van der Waals surface area contributed by atoms with Crippen molar-refractivity contribution in [2.75, 3.05) is 26.3 Å². The number of hydrogen-bond acceptors (Lipinski definition) is 4. The lowest BCUT2D eigenvalue weighted by atomic mass is 10.0. The molecule has 1 saturated heterocycles. The maximum absolute atomic E-state index is 12.4. The fourth-order valence-corrected chi connectivity index (χ4v) is 2.02. The smallest absolute Gasteiger partial charge is 0.245 e. The zero-order valence-corrected chi connectivity index (χ0v) is 12.0. The first kappa shape index (κ1) is 15.9. The van der Waals surface area contributed by atoms with Gasteiger partial charge in [0.05, 0.1) is 13.2 Å². The Bertz CT molecular complexity index is 312. The molecule has 0 aromatic carbocycles. The van der Waals surface area contributed by atoms with E-state index in [9.17, 15) is 9.59 Å². The molecule has 2 atom stereocenters. The summed E-state index contributed by atoms with van der Waals surface area (Å²) in [4.78, 5) is 25.9. The van der Waals surface area contributed by atoms with Gasteiger partial charge in [0.2, 0.25) is 11.8 Å². The number of nitrogens with one attached hydrogen (secondary N) is 1. The van der Waals surface area contributed by atoms with Gasteiger partial charge < -0.3 is 20.7 Å². The van der Waals surface area contributed by atoms with Crippen LogP contribution in [-0.4, -0.2) is 55.1 Å². The van der Waals surface area contributed by atoms with Crippen molar-refractivity contribution < 1.29 is 14.3 Å². The van der Waals surface area contributed by atoms with Gasteiger partial charge in [-0.3, -0.25) is 9.59 Å². The highest BCUT2D eigenvalue weighted by atomic mass is 16.5. The molecule has 1 heterocycles. The molecule has 2 unspecified atom stereocenters. The van der Waals surface area contributed by atoms with Crippen LogP contribution in [0.25, 0.3) is 0 Å². The lowest BCUT2D eigenvalue weighted by Gasteiger charge is -2.32. The highest BCUT2D eigenvalue weighted by Gasteiger charge is 2.29. The molecule has 1 rings (SSSR count). The van der Waals surface area contributed by atoms with Crippen molar-refractivity contribution in [2.24, 2.45) is 11.7 Å². The highest BCUT2D eigenvalue weighted by molar-refractivity contribution is 5.88. The highest BCUT2D eigenvalue weighted by Crippen LogP contribution is 2.09. The number of carbonyl (C=O) groups is 2. The van der Waals surface area contributed by atoms with E-state index in [-0.39, 0.29) is 30.2 Å². The van der Waals surface area contributed by atoms with Crippen LogP contribution in [0.1, 0.15) is 27.2 Å². The van der Waals surface area contributed by atoms with E-state index in [1.54, 1.807) is 11.8 Å². The number of morpholine rings is 1. The molecule has 0 saturated carbocycles. The van der Waals surface area contributed by atoms with E-state index in [1.807, 2.05) is 13.8 Å². The Balaban J connectivity index is 2.60. The summed E-state index contributed by atoms with van der Waals surface area (Å²) in [5.41, 5.74) is 5.59. The molecule has 6 heteroatoms. The minimum Gasteiger partial charge on any atom is -0.378 e. The minimum atomic E-state index is -0.482. The van der Waals surface area contributed by atoms with Crippen molar-refractivity contribution in [3.05, 3.63) is 0 Å². The van der Waals surface area contributed by atoms with E-state index in [2.05, 4.69) is 5.32 Å². The van der Waals surface area contributed by atoms with E-state index in [1.165, 1.54) is 0 Å². The average molecular weight is 271 g/mol. The van der Waals surface area contributed by atoms with E-state index >= 15 is 0 Å². The minimum absolute atomic E-state index is 0.0312. The van der Waals surface area contributed by atoms with Gasteiger partial charge >= 0.3 is 0 Å². The molecule has 110 valence electrons. The van der Waals surface area contributed by atoms with Gasteiger partial charge in [-0.25, -0.2) is 0 Å². The van der Waals surface area contributed by atoms with Crippen LogP contribution in [0.15, 0.2) is 0 Å². The van der Waals surface area contributed by atoms with Crippen molar-refractivity contribution in [2.45, 2.75) is 39.3 Å². The maximum Gasteiger partial charge on any atom is 0.245 e. The van der Waals surface area contributed by atoms with Crippen LogP contribution in [0.2, 0.25) is 0 Å². The summed E-state index contributed by atoms with van der Waals surface area (Å²) in [5, 5.41) is 2.79. The number of hydrogen-bond donors (Lipinski definition) is 2. The van der Waals surface area contributed by atoms with Gasteiger partial charge in [-0.1, -0.05) is 13.8 Å². The predicted octanol–water partition coefficient (Wildman–Crippen LogP) is -0.277. The maximum atomic E-state index is 12.4. The Morgan fingerprint density at radius 2 is 1.84 bits per heavy atom. The summed E-state index contributed by atoms with van der Waals surface area (Å²) in [5.74, 6) is -0.154. The second kappa shape index (κ2) is 7.45. The second-order valence-electron chi connectivity index (χ2n) is 5.41. The summed E-state index contributed by atoms with van der Waals surface area (Å²) in [6.45, 7) is 7.92. The number of nitrogens with two attached hydrogens (primary N) is 1. The molecule has 0 aromatic heterocycles. The summed E-state index contributed by atoms with van der Waals surface area (Å²) in [6.07, 6.45) is 0.236. The molecule has 1 fully saturated rings. The van der Waals surface area contributed by atoms with Crippen LogP contribution in [0.3, 0.4) is 0 Å². The predicted molar refractivity (Wildman–Crippen MR) is 72.4 cm³/mol. The molecule has 1 aliphatic heterocycles. The Kier molecular flexibility index (Phi) is 6.24. The van der Waals surface area contributed by atoms with Crippen LogP contribution < -0.4 is 11.1 Å². The van der Waals surface area contributed by atoms with E-state index in [4.69, 9.17) is 10.5 Å². The molecular formula is C13H25N3O3. The number of ether oxygens (including phenoxy) is 1. The molecule has 0 aromatic rings. The lowest BCUT2D eigenvalue weighted by molar-refractivity contribution is -0.141. The molecular weight excluding hydrogens is 246 g/mol. The quantitative estimate of drug-likeness (QED) is 0.720. The Labute approximate surface area is 114 Å². The molecule has 1 aliphatic rings. The van der Waals surface area contributed by atoms with Gasteiger partial charge in [-0.2, -0.15) is 0 Å². The van der Waals surface area contributed by atoms with E-state index in [0.29, 0.717) is 26.3 Å². The second-order valence-corrected chi connectivity index (χ2v) is 5.41. The standard InChI is InChI=1S/C13H25N3O3/c1-9(2)12(15-11(17)8-10(3)14)13(18)16-4-6-19-7-5-16/h9-10,12H,4-8,14H2,1-3H3,(H,15,17). The van der Waals surface area contributed by atoms with Gasteiger partial charge in [0.25, 0.3) is 0 Å². The van der Waals surface area contributed by atoms with E-state index < -0.39 is 6.04 Å². The summed E-state index contributed by atoms with van der Waals surface area (Å²) < 4.78 is 5.23. The number of rotatable bonds is 5. The normalized spacial score (nSPS) is 19.1. The van der Waals surface area contributed by atoms with Crippen LogP contribution in [0.5, 0.6) is 0 Å². The molecule has 19 heavy (non-hydrogen) atoms. The van der Waals surface area contributed by atoms with Crippen molar-refractivity contribution in [1.29, 1.82) is 0 Å². The van der Waals surface area contributed by atoms with Crippen LogP contribution in [0, 0.1) is 5.92 Å². The Morgan fingerprint density at radius 1 is 1.26 bits per heavy atom. The zero-order valence-electron chi connectivity index (χ0n) is 12.0. The van der Waals surface area contributed by atoms with Gasteiger partial charge in [-0.05, 0) is 12.8 Å². The first-order chi connectivity index (χ1) is 8.91. The lowest BCUT2D eigenvalue weighted by Crippen LogP contribution is -2.54. The van der Waals surface area contributed by atoms with Crippen molar-refractivity contribution >= 4 is 11.8 Å². The van der Waals surface area contributed by atoms with Gasteiger partial charge in [-0.15, -0.1) is 0 Å². The number of amides is 2. The molecule has 3 N–H and O–H groups in total. The molecule has 6 nitrogen and oxygen atoms in total. The van der Waals surface area contributed by atoms with Crippen LogP contribution in [-0.2, 0) is 14.3 Å². The third-order valence-corrected chi connectivity index (χ3v) is 3.08. The van der Waals surface area contributed by atoms with Gasteiger partial charge in [0.15, 0.2) is 0 Å². The first-order valence-corrected chi connectivity index (χ1v) is 6.83. The third-order valence-electron chi connectivity index (χ3n) is 3.08. The first-order valence-electron chi connectivity index (χ1n) is 6.83. The fourth-order valence-electron chi connectivity index (χ4n) is 2.02. The topological polar surface area (TPSA) is 84.7 Å². The molecule has 0 bridgehead atoms. The molecule has 0 spiro atoms. The average Bonchev–Trinajstić information content (AvgIpc) is 2.35. The van der Waals surface area contributed by atoms with Crippen molar-refractivity contribution in [1.82, 2.24) is 10.2 Å². The number of nitrogens with zero attached hydrogens (tertiary/aromatic N) is 1. The SMILES string of the molecule is CC(N)CC(=O)NC(C(=O)N1CCOCC1)C(C)C. The van der Waals surface area contributed by atoms with E-state index in [0.717, 1.165) is 0 Å². The van der Waals surface area contributed by atoms with Crippen molar-refractivity contribution in [3.63, 3.8) is 0 Å². The zero-order chi connectivity index (χ0) is 14.4. The summed E-state index contributed by atoms with van der Waals surface area (Å²) >= 11 is 0. The Morgan fingerprint density at radius 3 is 2.32 bits per heavy atom. The molecule has 0 radical (unpaired) electrons. The monoisotopic (exact) mass is 271 g/mol. The summed E-state index contributed by atoms with van der Waals surface area (Å²) in [6, 6.07) is -0.685. The van der Waals surface area contributed by atoms with Gasteiger partial charge in [0.1, 0.15) is 6.04 Å². The third kappa shape index (κ3) is 5.16. The number of carbonyl (C=O) groups excluding carboxylic acids is 2. The molecule has 2 amide bonds. The largest absolute Gasteiger partial charge is 0.378 e. The summed E-state index contributed by atoms with van der Waals surface area (Å²) in [7, 11) is 0. The van der Waals surface area contributed by atoms with Gasteiger partial charge in [0, 0.05) is 25.6 Å². The Hall–Kier alpha value is -1.14. The fraction of sp³-hybridized carbons (Fsp3) is 0.846. The van der Waals surface area contributed by atoms with Crippen molar-refractivity contribution in [3.8, 4) is 0 Å². The molecule has 0 aliphatic carbocycles.